The van der Waals surface area contributed by atoms with E-state index in [0.29, 0.717) is 6.61 Å². The van der Waals surface area contributed by atoms with Gasteiger partial charge in [-0.15, -0.1) is 0 Å². The van der Waals surface area contributed by atoms with Crippen LogP contribution >= 0.6 is 0 Å². The van der Waals surface area contributed by atoms with E-state index in [9.17, 15) is 13.2 Å². The Morgan fingerprint density at radius 1 is 1.29 bits per heavy atom. The van der Waals surface area contributed by atoms with E-state index in [1.807, 2.05) is 6.92 Å². The molecule has 1 rings (SSSR count). The molecule has 0 bridgehead atoms. The Balaban J connectivity index is 2.71. The van der Waals surface area contributed by atoms with Crippen molar-refractivity contribution in [2.45, 2.75) is 24.7 Å². The summed E-state index contributed by atoms with van der Waals surface area (Å²) >= 11 is 0. The van der Waals surface area contributed by atoms with Gasteiger partial charge in [-0.05, 0) is 30.7 Å². The number of hydrogen-bond acceptors (Lipinski definition) is 4. The van der Waals surface area contributed by atoms with Crippen molar-refractivity contribution in [3.8, 4) is 0 Å². The van der Waals surface area contributed by atoms with Crippen LogP contribution in [-0.2, 0) is 14.9 Å². The lowest BCUT2D eigenvalue weighted by atomic mass is 10.2. The van der Waals surface area contributed by atoms with E-state index in [2.05, 4.69) is 0 Å². The van der Waals surface area contributed by atoms with E-state index in [-0.39, 0.29) is 10.5 Å². The largest absolute Gasteiger partial charge is 0.462 e. The van der Waals surface area contributed by atoms with Gasteiger partial charge < -0.3 is 4.74 Å². The van der Waals surface area contributed by atoms with Crippen molar-refractivity contribution < 1.29 is 22.5 Å². The predicted molar refractivity (Wildman–Crippen MR) is 61.4 cm³/mol. The van der Waals surface area contributed by atoms with Crippen molar-refractivity contribution in [1.82, 2.24) is 0 Å². The molecule has 0 fully saturated rings. The van der Waals surface area contributed by atoms with Crippen LogP contribution in [0.15, 0.2) is 29.2 Å². The fraction of sp³-hybridized carbons (Fsp3) is 0.364. The van der Waals surface area contributed by atoms with Crippen LogP contribution in [0.25, 0.3) is 0 Å². The summed E-state index contributed by atoms with van der Waals surface area (Å²) in [5.41, 5.74) is 0.258. The number of ether oxygens (including phenoxy) is 1. The van der Waals surface area contributed by atoms with Gasteiger partial charge in [-0.25, -0.2) is 4.79 Å². The molecule has 94 valence electrons. The van der Waals surface area contributed by atoms with Crippen LogP contribution in [0.3, 0.4) is 0 Å². The zero-order valence-electron chi connectivity index (χ0n) is 9.42. The lowest BCUT2D eigenvalue weighted by Gasteiger charge is -2.04. The zero-order valence-corrected chi connectivity index (χ0v) is 10.2. The van der Waals surface area contributed by atoms with Crippen molar-refractivity contribution in [2.24, 2.45) is 0 Å². The highest BCUT2D eigenvalue weighted by Crippen LogP contribution is 2.11. The summed E-state index contributed by atoms with van der Waals surface area (Å²) in [6.07, 6.45) is 1.71. The van der Waals surface area contributed by atoms with Crippen LogP contribution in [-0.4, -0.2) is 25.5 Å². The Hall–Kier alpha value is -1.40. The van der Waals surface area contributed by atoms with Gasteiger partial charge in [-0.2, -0.15) is 8.42 Å². The maximum atomic E-state index is 11.4. The molecule has 0 aliphatic heterocycles. The lowest BCUT2D eigenvalue weighted by Crippen LogP contribution is -2.07. The highest BCUT2D eigenvalue weighted by molar-refractivity contribution is 7.85. The highest BCUT2D eigenvalue weighted by Gasteiger charge is 2.11. The second-order valence-corrected chi connectivity index (χ2v) is 4.91. The van der Waals surface area contributed by atoms with Crippen molar-refractivity contribution >= 4 is 16.1 Å². The standard InChI is InChI=1S/C11H14O5S/c1-2-3-8-16-11(12)9-4-6-10(7-5-9)17(13,14)15/h4-7H,2-3,8H2,1H3,(H,13,14,15). The molecule has 0 heterocycles. The lowest BCUT2D eigenvalue weighted by molar-refractivity contribution is 0.0499. The van der Waals surface area contributed by atoms with Crippen molar-refractivity contribution in [1.29, 1.82) is 0 Å². The molecule has 0 saturated carbocycles. The summed E-state index contributed by atoms with van der Waals surface area (Å²) in [5.74, 6) is -0.500. The molecule has 0 spiro atoms. The number of rotatable bonds is 5. The van der Waals surface area contributed by atoms with Crippen molar-refractivity contribution in [3.05, 3.63) is 29.8 Å². The van der Waals surface area contributed by atoms with E-state index in [1.165, 1.54) is 12.1 Å². The first-order chi connectivity index (χ1) is 7.95. The third-order valence-electron chi connectivity index (χ3n) is 2.12. The molecule has 0 atom stereocenters. The quantitative estimate of drug-likeness (QED) is 0.495. The van der Waals surface area contributed by atoms with Gasteiger partial charge in [0.1, 0.15) is 0 Å². The van der Waals surface area contributed by atoms with Gasteiger partial charge in [-0.3, -0.25) is 4.55 Å². The van der Waals surface area contributed by atoms with Gasteiger partial charge in [0.05, 0.1) is 17.1 Å². The predicted octanol–water partition coefficient (Wildman–Crippen LogP) is 1.89. The normalized spacial score (nSPS) is 11.2. The molecule has 1 N–H and O–H groups in total. The number of esters is 1. The van der Waals surface area contributed by atoms with E-state index in [4.69, 9.17) is 9.29 Å². The van der Waals surface area contributed by atoms with Gasteiger partial charge >= 0.3 is 5.97 Å². The van der Waals surface area contributed by atoms with Gasteiger partial charge in [0, 0.05) is 0 Å². The SMILES string of the molecule is CCCCOC(=O)c1ccc(S(=O)(=O)O)cc1. The molecule has 5 nitrogen and oxygen atoms in total. The monoisotopic (exact) mass is 258 g/mol. The van der Waals surface area contributed by atoms with E-state index in [0.717, 1.165) is 25.0 Å². The molecule has 17 heavy (non-hydrogen) atoms. The Bertz CT molecular complexity index is 475. The van der Waals surface area contributed by atoms with E-state index in [1.54, 1.807) is 0 Å². The molecule has 0 aromatic heterocycles. The van der Waals surface area contributed by atoms with Crippen molar-refractivity contribution in [2.75, 3.05) is 6.61 Å². The first-order valence-corrected chi connectivity index (χ1v) is 6.64. The summed E-state index contributed by atoms with van der Waals surface area (Å²) in [6.45, 7) is 2.32. The molecule has 0 aliphatic rings. The zero-order chi connectivity index (χ0) is 12.9. The first kappa shape index (κ1) is 13.7. The number of hydrogen-bond donors (Lipinski definition) is 1. The van der Waals surface area contributed by atoms with Crippen LogP contribution in [0, 0.1) is 0 Å². The Morgan fingerprint density at radius 2 is 1.88 bits per heavy atom. The van der Waals surface area contributed by atoms with Gasteiger partial charge in [0.2, 0.25) is 0 Å². The fourth-order valence-electron chi connectivity index (χ4n) is 1.16. The molecule has 0 unspecified atom stereocenters. The summed E-state index contributed by atoms with van der Waals surface area (Å²) in [5, 5.41) is 0. The molecule has 0 amide bonds. The molecule has 6 heteroatoms. The maximum Gasteiger partial charge on any atom is 0.338 e. The summed E-state index contributed by atoms with van der Waals surface area (Å²) in [7, 11) is -4.22. The Morgan fingerprint density at radius 3 is 2.35 bits per heavy atom. The second-order valence-electron chi connectivity index (χ2n) is 3.49. The topological polar surface area (TPSA) is 80.7 Å². The Kier molecular flexibility index (Phi) is 4.65. The van der Waals surface area contributed by atoms with Gasteiger partial charge in [-0.1, -0.05) is 13.3 Å². The molecular weight excluding hydrogens is 244 g/mol. The van der Waals surface area contributed by atoms with Crippen molar-refractivity contribution in [3.63, 3.8) is 0 Å². The summed E-state index contributed by atoms with van der Waals surface area (Å²) in [4.78, 5) is 11.2. The van der Waals surface area contributed by atoms with E-state index < -0.39 is 16.1 Å². The molecule has 1 aromatic carbocycles. The number of benzene rings is 1. The third kappa shape index (κ3) is 4.16. The van der Waals surface area contributed by atoms with Crippen LogP contribution in [0.1, 0.15) is 30.1 Å². The third-order valence-corrected chi connectivity index (χ3v) is 2.99. The van der Waals surface area contributed by atoms with Crippen LogP contribution in [0.4, 0.5) is 0 Å². The average molecular weight is 258 g/mol. The van der Waals surface area contributed by atoms with Crippen LogP contribution < -0.4 is 0 Å². The number of carbonyl (C=O) groups excluding carboxylic acids is 1. The maximum absolute atomic E-state index is 11.4. The molecule has 0 aliphatic carbocycles. The fourth-order valence-corrected chi connectivity index (χ4v) is 1.64. The summed E-state index contributed by atoms with van der Waals surface area (Å²) < 4.78 is 35.2. The molecular formula is C11H14O5S. The number of unbranched alkanes of at least 4 members (excludes halogenated alkanes) is 1. The van der Waals surface area contributed by atoms with Crippen LogP contribution in [0.5, 0.6) is 0 Å². The summed E-state index contributed by atoms with van der Waals surface area (Å²) in [6, 6.07) is 4.92. The minimum Gasteiger partial charge on any atom is -0.462 e. The molecule has 0 radical (unpaired) electrons. The van der Waals surface area contributed by atoms with Gasteiger partial charge in [0.15, 0.2) is 0 Å². The van der Waals surface area contributed by atoms with Gasteiger partial charge in [0.25, 0.3) is 10.1 Å². The average Bonchev–Trinajstić information content (AvgIpc) is 2.28. The van der Waals surface area contributed by atoms with E-state index >= 15 is 0 Å². The molecule has 1 aromatic rings. The number of carbonyl (C=O) groups is 1. The smallest absolute Gasteiger partial charge is 0.338 e. The second kappa shape index (κ2) is 5.79. The minimum atomic E-state index is -4.22. The minimum absolute atomic E-state index is 0.248. The van der Waals surface area contributed by atoms with Crippen LogP contribution in [0.2, 0.25) is 0 Å². The Labute approximate surface area is 100 Å². The first-order valence-electron chi connectivity index (χ1n) is 5.20. The highest BCUT2D eigenvalue weighted by atomic mass is 32.2. The molecule has 0 saturated heterocycles.